The molecule has 0 aliphatic carbocycles. The first-order valence-electron chi connectivity index (χ1n) is 6.70. The van der Waals surface area contributed by atoms with Crippen LogP contribution in [0.3, 0.4) is 0 Å². The first-order chi connectivity index (χ1) is 9.10. The molecule has 0 spiro atoms. The number of amides is 1. The summed E-state index contributed by atoms with van der Waals surface area (Å²) >= 11 is 0. The Morgan fingerprint density at radius 1 is 1.32 bits per heavy atom. The lowest BCUT2D eigenvalue weighted by Crippen LogP contribution is -2.37. The van der Waals surface area contributed by atoms with E-state index in [9.17, 15) is 4.79 Å². The molecule has 0 aromatic carbocycles. The van der Waals surface area contributed by atoms with Crippen molar-refractivity contribution in [3.05, 3.63) is 11.9 Å². The van der Waals surface area contributed by atoms with Crippen molar-refractivity contribution in [1.82, 2.24) is 15.3 Å². The van der Waals surface area contributed by atoms with E-state index < -0.39 is 0 Å². The highest BCUT2D eigenvalue weighted by molar-refractivity contribution is 5.83. The third-order valence-corrected chi connectivity index (χ3v) is 2.61. The van der Waals surface area contributed by atoms with Gasteiger partial charge in [0.2, 0.25) is 5.91 Å². The molecule has 0 saturated carbocycles. The van der Waals surface area contributed by atoms with Crippen LogP contribution >= 0.6 is 0 Å². The number of nitrogens with one attached hydrogen (secondary N) is 3. The van der Waals surface area contributed by atoms with Gasteiger partial charge in [-0.25, -0.2) is 9.97 Å². The van der Waals surface area contributed by atoms with Gasteiger partial charge < -0.3 is 16.0 Å². The third kappa shape index (κ3) is 4.73. The lowest BCUT2D eigenvalue weighted by atomic mass is 10.3. The van der Waals surface area contributed by atoms with Crippen LogP contribution in [0.25, 0.3) is 0 Å². The summed E-state index contributed by atoms with van der Waals surface area (Å²) in [4.78, 5) is 20.5. The fraction of sp³-hybridized carbons (Fsp3) is 0.615. The minimum absolute atomic E-state index is 0.0378. The SMILES string of the molecule is CCCc1nc(NC)cc(NC(C)C(=O)NCC)n1. The van der Waals surface area contributed by atoms with Crippen molar-refractivity contribution < 1.29 is 4.79 Å². The molecule has 1 atom stereocenters. The lowest BCUT2D eigenvalue weighted by molar-refractivity contribution is -0.121. The Labute approximate surface area is 114 Å². The summed E-state index contributed by atoms with van der Waals surface area (Å²) in [5, 5.41) is 8.87. The smallest absolute Gasteiger partial charge is 0.242 e. The Morgan fingerprint density at radius 2 is 2.00 bits per heavy atom. The van der Waals surface area contributed by atoms with E-state index in [0.29, 0.717) is 12.4 Å². The van der Waals surface area contributed by atoms with Gasteiger partial charge in [0.05, 0.1) is 0 Å². The van der Waals surface area contributed by atoms with Crippen molar-refractivity contribution in [2.45, 2.75) is 39.7 Å². The summed E-state index contributed by atoms with van der Waals surface area (Å²) < 4.78 is 0. The van der Waals surface area contributed by atoms with E-state index in [1.54, 1.807) is 6.07 Å². The van der Waals surface area contributed by atoms with Crippen LogP contribution in [0.15, 0.2) is 6.07 Å². The van der Waals surface area contributed by atoms with Crippen LogP contribution in [0.1, 0.15) is 33.0 Å². The number of rotatable bonds is 7. The fourth-order valence-electron chi connectivity index (χ4n) is 1.65. The third-order valence-electron chi connectivity index (χ3n) is 2.61. The van der Waals surface area contributed by atoms with Crippen LogP contribution in [-0.2, 0) is 11.2 Å². The molecule has 0 bridgehead atoms. The predicted octanol–water partition coefficient (Wildman–Crippen LogP) is 1.41. The zero-order valence-corrected chi connectivity index (χ0v) is 12.1. The predicted molar refractivity (Wildman–Crippen MR) is 77.3 cm³/mol. The molecule has 1 amide bonds. The number of hydrogen-bond donors (Lipinski definition) is 3. The first kappa shape index (κ1) is 15.2. The fourth-order valence-corrected chi connectivity index (χ4v) is 1.65. The Morgan fingerprint density at radius 3 is 2.58 bits per heavy atom. The molecule has 1 aromatic rings. The molecular formula is C13H23N5O. The molecular weight excluding hydrogens is 242 g/mol. The monoisotopic (exact) mass is 265 g/mol. The molecule has 0 radical (unpaired) electrons. The van der Waals surface area contributed by atoms with Crippen LogP contribution in [0.4, 0.5) is 11.6 Å². The van der Waals surface area contributed by atoms with Gasteiger partial charge in [-0.2, -0.15) is 0 Å². The normalized spacial score (nSPS) is 11.8. The number of likely N-dealkylation sites (N-methyl/N-ethyl adjacent to an activating group) is 1. The molecule has 1 heterocycles. The second-order valence-corrected chi connectivity index (χ2v) is 4.32. The van der Waals surface area contributed by atoms with Crippen molar-refractivity contribution >= 4 is 17.5 Å². The average Bonchev–Trinajstić information content (AvgIpc) is 2.39. The maximum absolute atomic E-state index is 11.7. The van der Waals surface area contributed by atoms with E-state index in [2.05, 4.69) is 32.8 Å². The Balaban J connectivity index is 2.81. The van der Waals surface area contributed by atoms with Gasteiger partial charge in [-0.15, -0.1) is 0 Å². The summed E-state index contributed by atoms with van der Waals surface area (Å²) in [5.41, 5.74) is 0. The van der Waals surface area contributed by atoms with Crippen molar-refractivity contribution in [1.29, 1.82) is 0 Å². The minimum Gasteiger partial charge on any atom is -0.373 e. The van der Waals surface area contributed by atoms with E-state index in [-0.39, 0.29) is 11.9 Å². The molecule has 0 aliphatic rings. The number of aryl methyl sites for hydroxylation is 1. The van der Waals surface area contributed by atoms with E-state index in [0.717, 1.165) is 24.5 Å². The number of carbonyl (C=O) groups is 1. The highest BCUT2D eigenvalue weighted by Crippen LogP contribution is 2.13. The van der Waals surface area contributed by atoms with Gasteiger partial charge in [0, 0.05) is 26.1 Å². The van der Waals surface area contributed by atoms with Crippen LogP contribution in [-0.4, -0.2) is 35.5 Å². The number of aromatic nitrogens is 2. The molecule has 0 saturated heterocycles. The summed E-state index contributed by atoms with van der Waals surface area (Å²) in [7, 11) is 1.81. The van der Waals surface area contributed by atoms with E-state index in [1.165, 1.54) is 0 Å². The van der Waals surface area contributed by atoms with Gasteiger partial charge in [-0.1, -0.05) is 6.92 Å². The number of carbonyl (C=O) groups excluding carboxylic acids is 1. The molecule has 3 N–H and O–H groups in total. The number of nitrogens with zero attached hydrogens (tertiary/aromatic N) is 2. The summed E-state index contributed by atoms with van der Waals surface area (Å²) in [6.45, 7) is 6.41. The largest absolute Gasteiger partial charge is 0.373 e. The van der Waals surface area contributed by atoms with Crippen molar-refractivity contribution in [2.75, 3.05) is 24.2 Å². The van der Waals surface area contributed by atoms with Crippen LogP contribution in [0.2, 0.25) is 0 Å². The molecule has 1 aromatic heterocycles. The molecule has 0 aliphatic heterocycles. The lowest BCUT2D eigenvalue weighted by Gasteiger charge is -2.15. The van der Waals surface area contributed by atoms with Gasteiger partial charge in [0.25, 0.3) is 0 Å². The second-order valence-electron chi connectivity index (χ2n) is 4.32. The highest BCUT2D eigenvalue weighted by atomic mass is 16.2. The summed E-state index contributed by atoms with van der Waals surface area (Å²) in [6.07, 6.45) is 1.80. The number of anilines is 2. The van der Waals surface area contributed by atoms with Gasteiger partial charge >= 0.3 is 0 Å². The average molecular weight is 265 g/mol. The number of hydrogen-bond acceptors (Lipinski definition) is 5. The van der Waals surface area contributed by atoms with Crippen LogP contribution in [0, 0.1) is 0 Å². The molecule has 6 heteroatoms. The van der Waals surface area contributed by atoms with Gasteiger partial charge in [0.15, 0.2) is 0 Å². The van der Waals surface area contributed by atoms with Crippen molar-refractivity contribution in [2.24, 2.45) is 0 Å². The topological polar surface area (TPSA) is 78.9 Å². The van der Waals surface area contributed by atoms with Crippen molar-refractivity contribution in [3.63, 3.8) is 0 Å². The van der Waals surface area contributed by atoms with E-state index in [1.807, 2.05) is 20.9 Å². The van der Waals surface area contributed by atoms with E-state index in [4.69, 9.17) is 0 Å². The van der Waals surface area contributed by atoms with Crippen LogP contribution in [0.5, 0.6) is 0 Å². The maximum Gasteiger partial charge on any atom is 0.242 e. The maximum atomic E-state index is 11.7. The Hall–Kier alpha value is -1.85. The zero-order valence-electron chi connectivity index (χ0n) is 12.1. The van der Waals surface area contributed by atoms with Gasteiger partial charge in [0.1, 0.15) is 23.5 Å². The second kappa shape index (κ2) is 7.56. The Bertz CT molecular complexity index is 421. The summed E-state index contributed by atoms with van der Waals surface area (Å²) in [6, 6.07) is 1.48. The minimum atomic E-state index is -0.325. The first-order valence-corrected chi connectivity index (χ1v) is 6.70. The molecule has 1 unspecified atom stereocenters. The molecule has 1 rings (SSSR count). The Kier molecular flexibility index (Phi) is 6.05. The highest BCUT2D eigenvalue weighted by Gasteiger charge is 2.13. The van der Waals surface area contributed by atoms with Gasteiger partial charge in [-0.05, 0) is 20.3 Å². The molecule has 106 valence electrons. The zero-order chi connectivity index (χ0) is 14.3. The molecule has 6 nitrogen and oxygen atoms in total. The summed E-state index contributed by atoms with van der Waals surface area (Å²) in [5.74, 6) is 2.16. The van der Waals surface area contributed by atoms with Gasteiger partial charge in [-0.3, -0.25) is 4.79 Å². The van der Waals surface area contributed by atoms with E-state index >= 15 is 0 Å². The quantitative estimate of drug-likeness (QED) is 0.694. The standard InChI is InChI=1S/C13H23N5O/c1-5-7-10-17-11(14-4)8-12(18-10)16-9(3)13(19)15-6-2/h8-9H,5-7H2,1-4H3,(H,15,19)(H2,14,16,17,18). The molecule has 0 fully saturated rings. The molecule has 19 heavy (non-hydrogen) atoms. The van der Waals surface area contributed by atoms with Crippen LogP contribution < -0.4 is 16.0 Å². The van der Waals surface area contributed by atoms with Crippen molar-refractivity contribution in [3.8, 4) is 0 Å².